The Kier molecular flexibility index (Phi) is 8.40. The maximum Gasteiger partial charge on any atom is 0.417 e. The summed E-state index contributed by atoms with van der Waals surface area (Å²) >= 11 is 11.3. The third kappa shape index (κ3) is 7.62. The predicted octanol–water partition coefficient (Wildman–Crippen LogP) is 6.34. The standard InChI is InChI=1S/C19H17Cl2F4NO3/c1-12-9-14(27-8-5-16(21)22)10-15(20)18(12)29-7-2-6-28-17-4-3-13(11-26-17)19(23,24)25/h3-5,9-11H,2,6-8H2,1H3. The minimum Gasteiger partial charge on any atom is -0.492 e. The summed E-state index contributed by atoms with van der Waals surface area (Å²) in [5.41, 5.74) is -0.123. The van der Waals surface area contributed by atoms with Crippen molar-refractivity contribution in [3.63, 3.8) is 0 Å². The molecule has 4 nitrogen and oxygen atoms in total. The summed E-state index contributed by atoms with van der Waals surface area (Å²) in [6.07, 6.45) is -2.19. The Bertz CT molecular complexity index is 815. The number of benzene rings is 1. The van der Waals surface area contributed by atoms with Gasteiger partial charge in [0.1, 0.15) is 18.1 Å². The Morgan fingerprint density at radius 3 is 2.45 bits per heavy atom. The van der Waals surface area contributed by atoms with Gasteiger partial charge in [0.2, 0.25) is 5.88 Å². The van der Waals surface area contributed by atoms with Crippen LogP contribution >= 0.6 is 23.2 Å². The molecule has 0 saturated heterocycles. The molecule has 0 atom stereocenters. The largest absolute Gasteiger partial charge is 0.492 e. The van der Waals surface area contributed by atoms with Crippen LogP contribution in [0.15, 0.2) is 41.8 Å². The second-order valence-corrected chi connectivity index (χ2v) is 6.56. The number of hydrogen-bond donors (Lipinski definition) is 0. The first-order chi connectivity index (χ1) is 13.7. The molecular weight excluding hydrogens is 437 g/mol. The molecule has 0 radical (unpaired) electrons. The molecule has 0 aliphatic heterocycles. The minimum absolute atomic E-state index is 0.0410. The quantitative estimate of drug-likeness (QED) is 0.328. The topological polar surface area (TPSA) is 40.6 Å². The van der Waals surface area contributed by atoms with Crippen LogP contribution in [0.3, 0.4) is 0 Å². The highest BCUT2D eigenvalue weighted by Gasteiger charge is 2.30. The van der Waals surface area contributed by atoms with Gasteiger partial charge in [-0.1, -0.05) is 23.2 Å². The van der Waals surface area contributed by atoms with Gasteiger partial charge in [-0.05, 0) is 24.6 Å². The smallest absolute Gasteiger partial charge is 0.417 e. The van der Waals surface area contributed by atoms with Crippen LogP contribution in [-0.2, 0) is 6.18 Å². The number of alkyl halides is 3. The maximum atomic E-state index is 12.5. The van der Waals surface area contributed by atoms with Gasteiger partial charge < -0.3 is 14.2 Å². The van der Waals surface area contributed by atoms with Crippen LogP contribution in [-0.4, -0.2) is 24.8 Å². The van der Waals surface area contributed by atoms with E-state index < -0.39 is 17.0 Å². The van der Waals surface area contributed by atoms with Crippen LogP contribution in [0.4, 0.5) is 17.6 Å². The van der Waals surface area contributed by atoms with Gasteiger partial charge in [0, 0.05) is 30.8 Å². The SMILES string of the molecule is Cc1cc(OCC=C(F)Cl)cc(Cl)c1OCCCOc1ccc(C(F)(F)F)cn1. The maximum absolute atomic E-state index is 12.5. The van der Waals surface area contributed by atoms with E-state index in [2.05, 4.69) is 4.98 Å². The molecule has 0 N–H and O–H groups in total. The minimum atomic E-state index is -4.44. The highest BCUT2D eigenvalue weighted by molar-refractivity contribution is 6.32. The monoisotopic (exact) mass is 453 g/mol. The van der Waals surface area contributed by atoms with Crippen LogP contribution < -0.4 is 14.2 Å². The van der Waals surface area contributed by atoms with E-state index >= 15 is 0 Å². The fourth-order valence-corrected chi connectivity index (χ4v) is 2.58. The van der Waals surface area contributed by atoms with E-state index in [4.69, 9.17) is 37.4 Å². The molecule has 0 spiro atoms. The summed E-state index contributed by atoms with van der Waals surface area (Å²) in [5, 5.41) is -0.540. The van der Waals surface area contributed by atoms with Gasteiger partial charge in [-0.15, -0.1) is 0 Å². The van der Waals surface area contributed by atoms with Crippen LogP contribution in [0.5, 0.6) is 17.4 Å². The molecule has 10 heteroatoms. The Labute approximate surface area is 175 Å². The van der Waals surface area contributed by atoms with Crippen LogP contribution in [0.2, 0.25) is 5.02 Å². The number of ether oxygens (including phenoxy) is 3. The molecule has 0 bridgehead atoms. The second kappa shape index (κ2) is 10.5. The van der Waals surface area contributed by atoms with E-state index in [1.54, 1.807) is 13.0 Å². The Hall–Kier alpha value is -2.19. The molecule has 0 saturated carbocycles. The zero-order chi connectivity index (χ0) is 21.4. The molecule has 2 rings (SSSR count). The predicted molar refractivity (Wildman–Crippen MR) is 102 cm³/mol. The Balaban J connectivity index is 1.79. The molecule has 0 amide bonds. The van der Waals surface area contributed by atoms with Crippen molar-refractivity contribution in [2.24, 2.45) is 0 Å². The third-order valence-electron chi connectivity index (χ3n) is 3.54. The van der Waals surface area contributed by atoms with Gasteiger partial charge in [0.25, 0.3) is 0 Å². The molecular formula is C19H17Cl2F4NO3. The van der Waals surface area contributed by atoms with E-state index in [1.807, 2.05) is 0 Å². The number of nitrogens with zero attached hydrogens (tertiary/aromatic N) is 1. The van der Waals surface area contributed by atoms with Crippen molar-refractivity contribution in [2.45, 2.75) is 19.5 Å². The molecule has 158 valence electrons. The summed E-state index contributed by atoms with van der Waals surface area (Å²) in [6.45, 7) is 2.20. The van der Waals surface area contributed by atoms with Crippen LogP contribution in [0.25, 0.3) is 0 Å². The number of pyridine rings is 1. The molecule has 1 aromatic carbocycles. The van der Waals surface area contributed by atoms with E-state index in [-0.39, 0.29) is 25.7 Å². The zero-order valence-corrected chi connectivity index (χ0v) is 16.7. The van der Waals surface area contributed by atoms with E-state index in [9.17, 15) is 17.6 Å². The van der Waals surface area contributed by atoms with Crippen molar-refractivity contribution in [1.82, 2.24) is 4.98 Å². The second-order valence-electron chi connectivity index (χ2n) is 5.79. The molecule has 0 unspecified atom stereocenters. The molecule has 0 aliphatic carbocycles. The van der Waals surface area contributed by atoms with Crippen LogP contribution in [0, 0.1) is 6.92 Å². The molecule has 0 aliphatic rings. The first-order valence-electron chi connectivity index (χ1n) is 8.40. The Morgan fingerprint density at radius 1 is 1.14 bits per heavy atom. The lowest BCUT2D eigenvalue weighted by atomic mass is 10.2. The van der Waals surface area contributed by atoms with Crippen molar-refractivity contribution < 1.29 is 31.8 Å². The van der Waals surface area contributed by atoms with Gasteiger partial charge in [0.05, 0.1) is 23.8 Å². The average molecular weight is 454 g/mol. The third-order valence-corrected chi connectivity index (χ3v) is 3.97. The van der Waals surface area contributed by atoms with Crippen LogP contribution in [0.1, 0.15) is 17.5 Å². The van der Waals surface area contributed by atoms with Gasteiger partial charge in [-0.3, -0.25) is 0 Å². The van der Waals surface area contributed by atoms with E-state index in [0.29, 0.717) is 28.5 Å². The summed E-state index contributed by atoms with van der Waals surface area (Å²) in [5.74, 6) is 0.993. The first-order valence-corrected chi connectivity index (χ1v) is 9.15. The van der Waals surface area contributed by atoms with E-state index in [1.165, 1.54) is 6.07 Å². The van der Waals surface area contributed by atoms with Gasteiger partial charge >= 0.3 is 6.18 Å². The van der Waals surface area contributed by atoms with Crippen molar-refractivity contribution in [3.8, 4) is 17.4 Å². The fourth-order valence-electron chi connectivity index (χ4n) is 2.21. The number of rotatable bonds is 9. The molecule has 1 aromatic heterocycles. The van der Waals surface area contributed by atoms with Crippen molar-refractivity contribution in [1.29, 1.82) is 0 Å². The van der Waals surface area contributed by atoms with Gasteiger partial charge in [-0.25, -0.2) is 4.98 Å². The number of aromatic nitrogens is 1. The lowest BCUT2D eigenvalue weighted by Crippen LogP contribution is -2.08. The first kappa shape index (κ1) is 23.1. The summed E-state index contributed by atoms with van der Waals surface area (Å²) in [6, 6.07) is 5.29. The lowest BCUT2D eigenvalue weighted by Gasteiger charge is -2.13. The van der Waals surface area contributed by atoms with Crippen molar-refractivity contribution >= 4 is 23.2 Å². The molecule has 2 aromatic rings. The summed E-state index contributed by atoms with van der Waals surface area (Å²) in [7, 11) is 0. The van der Waals surface area contributed by atoms with E-state index in [0.717, 1.165) is 24.4 Å². The summed E-state index contributed by atoms with van der Waals surface area (Å²) < 4.78 is 66.1. The normalized spacial score (nSPS) is 12.0. The van der Waals surface area contributed by atoms with Gasteiger partial charge in [-0.2, -0.15) is 17.6 Å². The van der Waals surface area contributed by atoms with Crippen molar-refractivity contribution in [3.05, 3.63) is 58.0 Å². The number of aryl methyl sites for hydroxylation is 1. The number of hydrogen-bond acceptors (Lipinski definition) is 4. The highest BCUT2D eigenvalue weighted by atomic mass is 35.5. The van der Waals surface area contributed by atoms with Gasteiger partial charge in [0.15, 0.2) is 5.29 Å². The molecule has 1 heterocycles. The lowest BCUT2D eigenvalue weighted by molar-refractivity contribution is -0.137. The molecule has 29 heavy (non-hydrogen) atoms. The number of halogens is 6. The highest BCUT2D eigenvalue weighted by Crippen LogP contribution is 2.33. The fraction of sp³-hybridized carbons (Fsp3) is 0.316. The average Bonchev–Trinajstić information content (AvgIpc) is 2.62. The summed E-state index contributed by atoms with van der Waals surface area (Å²) in [4.78, 5) is 3.62. The zero-order valence-electron chi connectivity index (χ0n) is 15.2. The molecule has 0 fully saturated rings. The Morgan fingerprint density at radius 2 is 1.86 bits per heavy atom. The van der Waals surface area contributed by atoms with Crippen molar-refractivity contribution in [2.75, 3.05) is 19.8 Å².